The van der Waals surface area contributed by atoms with Gasteiger partial charge >= 0.3 is 0 Å². The van der Waals surface area contributed by atoms with Crippen molar-refractivity contribution < 1.29 is 4.42 Å². The Balaban J connectivity index is 2.41. The van der Waals surface area contributed by atoms with E-state index in [4.69, 9.17) is 4.42 Å². The van der Waals surface area contributed by atoms with Crippen LogP contribution in [0.4, 0.5) is 0 Å². The van der Waals surface area contributed by atoms with Gasteiger partial charge in [-0.2, -0.15) is 0 Å². The molecule has 2 aromatic rings. The predicted molar refractivity (Wildman–Crippen MR) is 47.0 cm³/mol. The Morgan fingerprint density at radius 3 is 2.54 bits per heavy atom. The van der Waals surface area contributed by atoms with Crippen molar-refractivity contribution in [2.45, 2.75) is 13.8 Å². The second kappa shape index (κ2) is 2.97. The van der Waals surface area contributed by atoms with Crippen molar-refractivity contribution in [2.24, 2.45) is 0 Å². The minimum absolute atomic E-state index is 0.519. The van der Waals surface area contributed by atoms with E-state index in [1.165, 1.54) is 0 Å². The van der Waals surface area contributed by atoms with Crippen LogP contribution in [-0.4, -0.2) is 15.2 Å². The molecule has 2 heterocycles. The third-order valence-corrected chi connectivity index (χ3v) is 1.68. The topological polar surface area (TPSA) is 51.8 Å². The highest BCUT2D eigenvalue weighted by Gasteiger charge is 2.04. The van der Waals surface area contributed by atoms with Gasteiger partial charge in [0, 0.05) is 18.8 Å². The maximum absolute atomic E-state index is 5.25. The van der Waals surface area contributed by atoms with E-state index in [0.717, 1.165) is 11.3 Å². The number of hydrogen-bond acceptors (Lipinski definition) is 4. The lowest BCUT2D eigenvalue weighted by Gasteiger charge is -1.93. The van der Waals surface area contributed by atoms with Gasteiger partial charge in [-0.15, -0.1) is 10.2 Å². The number of aryl methyl sites for hydroxylation is 2. The molecule has 0 aromatic carbocycles. The van der Waals surface area contributed by atoms with E-state index >= 15 is 0 Å². The Kier molecular flexibility index (Phi) is 1.81. The molecule has 0 aliphatic heterocycles. The largest absolute Gasteiger partial charge is 0.421 e. The Morgan fingerprint density at radius 2 is 2.00 bits per heavy atom. The van der Waals surface area contributed by atoms with Gasteiger partial charge in [0.05, 0.1) is 5.56 Å². The van der Waals surface area contributed by atoms with E-state index in [1.807, 2.05) is 19.1 Å². The van der Waals surface area contributed by atoms with Crippen LogP contribution in [0.2, 0.25) is 0 Å². The Bertz CT molecular complexity index is 405. The van der Waals surface area contributed by atoms with Crippen LogP contribution in [0.25, 0.3) is 11.5 Å². The van der Waals surface area contributed by atoms with Crippen molar-refractivity contribution >= 4 is 0 Å². The lowest BCUT2D eigenvalue weighted by molar-refractivity contribution is 0.532. The molecular weight excluding hydrogens is 166 g/mol. The summed E-state index contributed by atoms with van der Waals surface area (Å²) in [5.74, 6) is 1.08. The van der Waals surface area contributed by atoms with Gasteiger partial charge in [-0.05, 0) is 19.1 Å². The van der Waals surface area contributed by atoms with Crippen molar-refractivity contribution in [1.29, 1.82) is 0 Å². The summed E-state index contributed by atoms with van der Waals surface area (Å²) >= 11 is 0. The standard InChI is InChI=1S/C9H9N3O/c1-6-3-4-8(5-10-6)9-12-11-7(2)13-9/h3-5H,1-2H3. The predicted octanol–water partition coefficient (Wildman–Crippen LogP) is 1.75. The summed E-state index contributed by atoms with van der Waals surface area (Å²) in [5.41, 5.74) is 1.83. The third-order valence-electron chi connectivity index (χ3n) is 1.68. The highest BCUT2D eigenvalue weighted by Crippen LogP contribution is 2.15. The molecule has 0 atom stereocenters. The number of rotatable bonds is 1. The molecule has 4 heteroatoms. The van der Waals surface area contributed by atoms with Gasteiger partial charge in [0.1, 0.15) is 0 Å². The summed E-state index contributed by atoms with van der Waals surface area (Å²) in [5, 5.41) is 7.63. The Labute approximate surface area is 75.6 Å². The van der Waals surface area contributed by atoms with Crippen LogP contribution >= 0.6 is 0 Å². The molecule has 13 heavy (non-hydrogen) atoms. The summed E-state index contributed by atoms with van der Waals surface area (Å²) in [6.45, 7) is 3.70. The first kappa shape index (κ1) is 7.91. The Hall–Kier alpha value is -1.71. The fraction of sp³-hybridized carbons (Fsp3) is 0.222. The highest BCUT2D eigenvalue weighted by molar-refractivity contribution is 5.50. The van der Waals surface area contributed by atoms with Crippen molar-refractivity contribution in [3.05, 3.63) is 29.9 Å². The quantitative estimate of drug-likeness (QED) is 0.662. The maximum Gasteiger partial charge on any atom is 0.249 e. The fourth-order valence-electron chi connectivity index (χ4n) is 1.01. The molecule has 0 unspecified atom stereocenters. The van der Waals surface area contributed by atoms with E-state index in [9.17, 15) is 0 Å². The summed E-state index contributed by atoms with van der Waals surface area (Å²) in [7, 11) is 0. The smallest absolute Gasteiger partial charge is 0.249 e. The molecule has 2 aromatic heterocycles. The van der Waals surface area contributed by atoms with Gasteiger partial charge in [-0.1, -0.05) is 0 Å². The second-order valence-corrected chi connectivity index (χ2v) is 2.81. The van der Waals surface area contributed by atoms with Crippen LogP contribution in [0.3, 0.4) is 0 Å². The number of hydrogen-bond donors (Lipinski definition) is 0. The average Bonchev–Trinajstić information content (AvgIpc) is 2.53. The number of pyridine rings is 1. The van der Waals surface area contributed by atoms with Gasteiger partial charge in [-0.3, -0.25) is 4.98 Å². The Morgan fingerprint density at radius 1 is 1.15 bits per heavy atom. The summed E-state index contributed by atoms with van der Waals surface area (Å²) < 4.78 is 5.25. The van der Waals surface area contributed by atoms with Crippen molar-refractivity contribution in [3.63, 3.8) is 0 Å². The zero-order valence-corrected chi connectivity index (χ0v) is 7.48. The first-order valence-electron chi connectivity index (χ1n) is 3.99. The summed E-state index contributed by atoms with van der Waals surface area (Å²) in [4.78, 5) is 4.14. The van der Waals surface area contributed by atoms with Gasteiger partial charge in [0.15, 0.2) is 0 Å². The van der Waals surface area contributed by atoms with Crippen LogP contribution in [0.15, 0.2) is 22.7 Å². The van der Waals surface area contributed by atoms with E-state index in [-0.39, 0.29) is 0 Å². The average molecular weight is 175 g/mol. The van der Waals surface area contributed by atoms with Crippen LogP contribution in [-0.2, 0) is 0 Å². The molecule has 0 radical (unpaired) electrons. The molecule has 0 aliphatic carbocycles. The molecule has 2 rings (SSSR count). The molecule has 4 nitrogen and oxygen atoms in total. The van der Waals surface area contributed by atoms with Gasteiger partial charge in [0.2, 0.25) is 11.8 Å². The minimum atomic E-state index is 0.519. The van der Waals surface area contributed by atoms with Crippen molar-refractivity contribution in [1.82, 2.24) is 15.2 Å². The lowest BCUT2D eigenvalue weighted by atomic mass is 10.2. The second-order valence-electron chi connectivity index (χ2n) is 2.81. The lowest BCUT2D eigenvalue weighted by Crippen LogP contribution is -1.82. The highest BCUT2D eigenvalue weighted by atomic mass is 16.4. The minimum Gasteiger partial charge on any atom is -0.421 e. The molecule has 0 saturated heterocycles. The molecule has 0 fully saturated rings. The van der Waals surface area contributed by atoms with Crippen LogP contribution in [0, 0.1) is 13.8 Å². The molecular formula is C9H9N3O. The molecule has 66 valence electrons. The van der Waals surface area contributed by atoms with E-state index < -0.39 is 0 Å². The number of nitrogens with zero attached hydrogens (tertiary/aromatic N) is 3. The molecule has 0 saturated carbocycles. The molecule has 0 amide bonds. The van der Waals surface area contributed by atoms with Crippen molar-refractivity contribution in [3.8, 4) is 11.5 Å². The van der Waals surface area contributed by atoms with Gasteiger partial charge in [-0.25, -0.2) is 0 Å². The zero-order chi connectivity index (χ0) is 9.26. The molecule has 0 aliphatic rings. The van der Waals surface area contributed by atoms with Crippen LogP contribution in [0.1, 0.15) is 11.6 Å². The maximum atomic E-state index is 5.25. The number of aromatic nitrogens is 3. The zero-order valence-electron chi connectivity index (χ0n) is 7.48. The first-order valence-corrected chi connectivity index (χ1v) is 3.99. The normalized spacial score (nSPS) is 10.3. The van der Waals surface area contributed by atoms with Gasteiger partial charge in [0.25, 0.3) is 0 Å². The van der Waals surface area contributed by atoms with E-state index in [2.05, 4.69) is 15.2 Å². The van der Waals surface area contributed by atoms with E-state index in [0.29, 0.717) is 11.8 Å². The monoisotopic (exact) mass is 175 g/mol. The van der Waals surface area contributed by atoms with Crippen LogP contribution in [0.5, 0.6) is 0 Å². The molecule has 0 bridgehead atoms. The molecule has 0 spiro atoms. The van der Waals surface area contributed by atoms with Crippen LogP contribution < -0.4 is 0 Å². The third kappa shape index (κ3) is 1.56. The van der Waals surface area contributed by atoms with Crippen molar-refractivity contribution in [2.75, 3.05) is 0 Å². The summed E-state index contributed by atoms with van der Waals surface area (Å²) in [6, 6.07) is 3.82. The SMILES string of the molecule is Cc1ccc(-c2nnc(C)o2)cn1. The van der Waals surface area contributed by atoms with Gasteiger partial charge < -0.3 is 4.42 Å². The first-order chi connectivity index (χ1) is 6.25. The summed E-state index contributed by atoms with van der Waals surface area (Å²) in [6.07, 6.45) is 1.72. The fourth-order valence-corrected chi connectivity index (χ4v) is 1.01. The van der Waals surface area contributed by atoms with E-state index in [1.54, 1.807) is 13.1 Å². The molecule has 0 N–H and O–H groups in total.